The lowest BCUT2D eigenvalue weighted by Gasteiger charge is -2.16. The van der Waals surface area contributed by atoms with Crippen LogP contribution in [0.2, 0.25) is 0 Å². The van der Waals surface area contributed by atoms with Crippen molar-refractivity contribution in [2.45, 2.75) is 6.92 Å². The molecule has 6 nitrogen and oxygen atoms in total. The Labute approximate surface area is 116 Å². The van der Waals surface area contributed by atoms with Gasteiger partial charge in [-0.05, 0) is 12.5 Å². The smallest absolute Gasteiger partial charge is 0.292 e. The average molecular weight is 272 g/mol. The molecule has 0 aliphatic carbocycles. The standard InChI is InChI=1S/C14H16N4O2/c1-3-18(15-10-11-7-5-4-6-8-11)12-9-13(19)17(2)14(20)16-12/h4-10H,3H2,1-2H3,(H,16,20)/b15-10-. The Balaban J connectivity index is 2.32. The van der Waals surface area contributed by atoms with E-state index in [0.717, 1.165) is 10.1 Å². The lowest BCUT2D eigenvalue weighted by atomic mass is 10.2. The number of rotatable bonds is 4. The van der Waals surface area contributed by atoms with E-state index in [2.05, 4.69) is 10.1 Å². The van der Waals surface area contributed by atoms with Crippen LogP contribution in [0.3, 0.4) is 0 Å². The molecular formula is C14H16N4O2. The van der Waals surface area contributed by atoms with Crippen molar-refractivity contribution in [1.29, 1.82) is 0 Å². The number of aromatic amines is 1. The van der Waals surface area contributed by atoms with Crippen LogP contribution in [0.5, 0.6) is 0 Å². The zero-order chi connectivity index (χ0) is 14.5. The predicted octanol–water partition coefficient (Wildman–Crippen LogP) is 0.934. The van der Waals surface area contributed by atoms with Crippen molar-refractivity contribution in [1.82, 2.24) is 9.55 Å². The van der Waals surface area contributed by atoms with Crippen LogP contribution in [0.4, 0.5) is 5.82 Å². The summed E-state index contributed by atoms with van der Waals surface area (Å²) < 4.78 is 1.01. The number of benzene rings is 1. The molecule has 2 aromatic rings. The number of nitrogens with zero attached hydrogens (tertiary/aromatic N) is 3. The van der Waals surface area contributed by atoms with E-state index in [1.807, 2.05) is 37.3 Å². The number of hydrogen-bond donors (Lipinski definition) is 1. The second-order valence-electron chi connectivity index (χ2n) is 4.23. The summed E-state index contributed by atoms with van der Waals surface area (Å²) in [4.78, 5) is 25.8. The van der Waals surface area contributed by atoms with Crippen molar-refractivity contribution in [3.05, 3.63) is 62.8 Å². The highest BCUT2D eigenvalue weighted by Crippen LogP contribution is 2.05. The fourth-order valence-electron chi connectivity index (χ4n) is 1.67. The van der Waals surface area contributed by atoms with E-state index >= 15 is 0 Å². The number of aromatic nitrogens is 2. The number of hydrazone groups is 1. The maximum Gasteiger partial charge on any atom is 0.329 e. The monoisotopic (exact) mass is 272 g/mol. The number of hydrogen-bond acceptors (Lipinski definition) is 4. The Bertz CT molecular complexity index is 685. The van der Waals surface area contributed by atoms with Gasteiger partial charge in [-0.15, -0.1) is 0 Å². The largest absolute Gasteiger partial charge is 0.329 e. The van der Waals surface area contributed by atoms with Gasteiger partial charge in [-0.25, -0.2) is 9.80 Å². The van der Waals surface area contributed by atoms with Gasteiger partial charge in [0.25, 0.3) is 5.56 Å². The number of H-pyrrole nitrogens is 1. The van der Waals surface area contributed by atoms with Gasteiger partial charge in [0, 0.05) is 19.7 Å². The Hall–Kier alpha value is -2.63. The Morgan fingerprint density at radius 1 is 1.30 bits per heavy atom. The van der Waals surface area contributed by atoms with Crippen LogP contribution >= 0.6 is 0 Å². The molecule has 104 valence electrons. The summed E-state index contributed by atoms with van der Waals surface area (Å²) in [6.45, 7) is 2.42. The normalized spacial score (nSPS) is 10.9. The van der Waals surface area contributed by atoms with Gasteiger partial charge in [-0.2, -0.15) is 5.10 Å². The maximum absolute atomic E-state index is 11.6. The van der Waals surface area contributed by atoms with Gasteiger partial charge in [0.15, 0.2) is 0 Å². The first kappa shape index (κ1) is 13.8. The highest BCUT2D eigenvalue weighted by atomic mass is 16.2. The van der Waals surface area contributed by atoms with E-state index in [9.17, 15) is 9.59 Å². The van der Waals surface area contributed by atoms with Gasteiger partial charge in [0.2, 0.25) is 0 Å². The molecule has 0 bridgehead atoms. The van der Waals surface area contributed by atoms with Crippen molar-refractivity contribution in [3.63, 3.8) is 0 Å². The summed E-state index contributed by atoms with van der Waals surface area (Å²) in [6, 6.07) is 10.9. The van der Waals surface area contributed by atoms with E-state index in [4.69, 9.17) is 0 Å². The van der Waals surface area contributed by atoms with Gasteiger partial charge in [0.05, 0.1) is 6.21 Å². The summed E-state index contributed by atoms with van der Waals surface area (Å²) in [7, 11) is 1.43. The minimum atomic E-state index is -0.458. The molecule has 0 radical (unpaired) electrons. The van der Waals surface area contributed by atoms with Crippen molar-refractivity contribution >= 4 is 12.0 Å². The van der Waals surface area contributed by atoms with E-state index in [0.29, 0.717) is 12.4 Å². The van der Waals surface area contributed by atoms with Crippen molar-refractivity contribution in [2.75, 3.05) is 11.6 Å². The van der Waals surface area contributed by atoms with Gasteiger partial charge < -0.3 is 0 Å². The van der Waals surface area contributed by atoms with Crippen LogP contribution in [0.15, 0.2) is 51.1 Å². The Morgan fingerprint density at radius 2 is 2.00 bits per heavy atom. The molecule has 0 aliphatic rings. The highest BCUT2D eigenvalue weighted by Gasteiger charge is 2.06. The number of nitrogens with one attached hydrogen (secondary N) is 1. The van der Waals surface area contributed by atoms with E-state index in [-0.39, 0.29) is 5.56 Å². The predicted molar refractivity (Wildman–Crippen MR) is 79.4 cm³/mol. The summed E-state index contributed by atoms with van der Waals surface area (Å²) in [5.41, 5.74) is 0.120. The van der Waals surface area contributed by atoms with Crippen molar-refractivity contribution in [3.8, 4) is 0 Å². The first-order chi connectivity index (χ1) is 9.61. The molecule has 0 saturated heterocycles. The molecule has 0 unspecified atom stereocenters. The van der Waals surface area contributed by atoms with E-state index in [1.54, 1.807) is 11.2 Å². The highest BCUT2D eigenvalue weighted by molar-refractivity contribution is 5.80. The molecule has 0 aliphatic heterocycles. The van der Waals surface area contributed by atoms with Crippen LogP contribution in [0.25, 0.3) is 0 Å². The van der Waals surface area contributed by atoms with Crippen LogP contribution in [0, 0.1) is 0 Å². The molecule has 1 aromatic heterocycles. The minimum absolute atomic E-state index is 0.364. The Morgan fingerprint density at radius 3 is 2.60 bits per heavy atom. The third-order valence-electron chi connectivity index (χ3n) is 2.85. The zero-order valence-corrected chi connectivity index (χ0v) is 11.4. The zero-order valence-electron chi connectivity index (χ0n) is 11.4. The van der Waals surface area contributed by atoms with Crippen LogP contribution in [-0.2, 0) is 7.05 Å². The third-order valence-corrected chi connectivity index (χ3v) is 2.85. The maximum atomic E-state index is 11.6. The SMILES string of the molecule is CCN(/N=C\c1ccccc1)c1cc(=O)n(C)c(=O)[nH]1. The van der Waals surface area contributed by atoms with Gasteiger partial charge >= 0.3 is 5.69 Å². The first-order valence-electron chi connectivity index (χ1n) is 6.28. The third kappa shape index (κ3) is 3.03. The van der Waals surface area contributed by atoms with E-state index < -0.39 is 5.69 Å². The van der Waals surface area contributed by atoms with Gasteiger partial charge in [0.1, 0.15) is 5.82 Å². The van der Waals surface area contributed by atoms with Crippen molar-refractivity contribution < 1.29 is 0 Å². The van der Waals surface area contributed by atoms with Crippen LogP contribution in [0.1, 0.15) is 12.5 Å². The molecule has 0 spiro atoms. The summed E-state index contributed by atoms with van der Waals surface area (Å²) >= 11 is 0. The molecule has 1 aromatic carbocycles. The summed E-state index contributed by atoms with van der Waals surface area (Å²) in [5.74, 6) is 0.382. The minimum Gasteiger partial charge on any atom is -0.292 e. The summed E-state index contributed by atoms with van der Waals surface area (Å²) in [5, 5.41) is 5.85. The van der Waals surface area contributed by atoms with E-state index in [1.165, 1.54) is 13.1 Å². The molecule has 2 rings (SSSR count). The first-order valence-corrected chi connectivity index (χ1v) is 6.28. The van der Waals surface area contributed by atoms with Crippen LogP contribution in [-0.4, -0.2) is 22.3 Å². The molecule has 0 amide bonds. The van der Waals surface area contributed by atoms with Crippen molar-refractivity contribution in [2.24, 2.45) is 12.1 Å². The molecule has 1 N–H and O–H groups in total. The van der Waals surface area contributed by atoms with Crippen LogP contribution < -0.4 is 16.3 Å². The fraction of sp³-hybridized carbons (Fsp3) is 0.214. The molecule has 0 atom stereocenters. The summed E-state index contributed by atoms with van der Waals surface area (Å²) in [6.07, 6.45) is 1.68. The molecule has 20 heavy (non-hydrogen) atoms. The Kier molecular flexibility index (Phi) is 4.14. The molecular weight excluding hydrogens is 256 g/mol. The average Bonchev–Trinajstić information content (AvgIpc) is 2.46. The molecule has 6 heteroatoms. The molecule has 0 saturated carbocycles. The second-order valence-corrected chi connectivity index (χ2v) is 4.23. The van der Waals surface area contributed by atoms with Gasteiger partial charge in [-0.1, -0.05) is 30.3 Å². The number of anilines is 1. The molecule has 1 heterocycles. The quantitative estimate of drug-likeness (QED) is 0.665. The van der Waals surface area contributed by atoms with Gasteiger partial charge in [-0.3, -0.25) is 14.3 Å². The molecule has 0 fully saturated rings. The lowest BCUT2D eigenvalue weighted by Crippen LogP contribution is -2.34. The fourth-order valence-corrected chi connectivity index (χ4v) is 1.67. The lowest BCUT2D eigenvalue weighted by molar-refractivity contribution is 0.756. The topological polar surface area (TPSA) is 70.5 Å². The second kappa shape index (κ2) is 6.01.